The second-order valence-electron chi connectivity index (χ2n) is 12.4. The molecule has 0 radical (unpaired) electrons. The largest absolute Gasteiger partial charge is 0.347 e. The Kier molecular flexibility index (Phi) is 10.7. The number of unbranched alkanes of at least 4 members (excludes halogenated alkanes) is 9. The van der Waals surface area contributed by atoms with E-state index in [0.717, 1.165) is 25.9 Å². The van der Waals surface area contributed by atoms with Gasteiger partial charge in [-0.15, -0.1) is 0 Å². The van der Waals surface area contributed by atoms with E-state index in [-0.39, 0.29) is 23.3 Å². The van der Waals surface area contributed by atoms with Gasteiger partial charge in [0.1, 0.15) is 6.10 Å². The molecule has 2 aliphatic rings. The van der Waals surface area contributed by atoms with Crippen LogP contribution in [0, 0.1) is 0 Å². The SMILES string of the molecule is CCCCCCCCCCCCC1COC2(CC(C)(C)N(OC(C)c3ccccc3)C(C)(C)C2)O1. The van der Waals surface area contributed by atoms with E-state index in [1.54, 1.807) is 0 Å². The molecule has 0 bridgehead atoms. The third-order valence-corrected chi connectivity index (χ3v) is 7.83. The molecule has 2 heterocycles. The van der Waals surface area contributed by atoms with Gasteiger partial charge in [-0.3, -0.25) is 4.84 Å². The normalized spacial score (nSPS) is 24.1. The maximum absolute atomic E-state index is 6.68. The molecule has 4 nitrogen and oxygen atoms in total. The quantitative estimate of drug-likeness (QED) is 0.245. The highest BCUT2D eigenvalue weighted by atomic mass is 16.7. The molecule has 2 fully saturated rings. The van der Waals surface area contributed by atoms with Crippen molar-refractivity contribution in [2.75, 3.05) is 6.61 Å². The number of hydrogen-bond acceptors (Lipinski definition) is 4. The lowest BCUT2D eigenvalue weighted by molar-refractivity contribution is -0.351. The van der Waals surface area contributed by atoms with Crippen LogP contribution in [0.4, 0.5) is 0 Å². The Morgan fingerprint density at radius 3 is 1.97 bits per heavy atom. The molecule has 0 N–H and O–H groups in total. The Morgan fingerprint density at radius 2 is 1.40 bits per heavy atom. The Morgan fingerprint density at radius 1 is 0.857 bits per heavy atom. The summed E-state index contributed by atoms with van der Waals surface area (Å²) in [4.78, 5) is 6.60. The number of rotatable bonds is 14. The van der Waals surface area contributed by atoms with Crippen molar-refractivity contribution >= 4 is 0 Å². The van der Waals surface area contributed by atoms with Crippen LogP contribution >= 0.6 is 0 Å². The van der Waals surface area contributed by atoms with Gasteiger partial charge in [-0.05, 0) is 46.6 Å². The molecule has 200 valence electrons. The van der Waals surface area contributed by atoms with E-state index in [1.165, 1.54) is 69.8 Å². The van der Waals surface area contributed by atoms with Gasteiger partial charge in [0, 0.05) is 23.9 Å². The molecular formula is C31H53NO3. The van der Waals surface area contributed by atoms with Crippen molar-refractivity contribution < 1.29 is 14.3 Å². The summed E-state index contributed by atoms with van der Waals surface area (Å²) in [5.74, 6) is -0.494. The zero-order valence-electron chi connectivity index (χ0n) is 23.6. The summed E-state index contributed by atoms with van der Waals surface area (Å²) in [5, 5.41) is 2.21. The molecule has 0 amide bonds. The van der Waals surface area contributed by atoms with E-state index >= 15 is 0 Å². The summed E-state index contributed by atoms with van der Waals surface area (Å²) >= 11 is 0. The molecule has 2 atom stereocenters. The van der Waals surface area contributed by atoms with Crippen molar-refractivity contribution in [3.05, 3.63) is 35.9 Å². The van der Waals surface area contributed by atoms with Crippen LogP contribution in [-0.4, -0.2) is 34.6 Å². The number of hydroxylamine groups is 2. The van der Waals surface area contributed by atoms with E-state index in [0.29, 0.717) is 0 Å². The van der Waals surface area contributed by atoms with Crippen molar-refractivity contribution in [1.29, 1.82) is 0 Å². The second-order valence-corrected chi connectivity index (χ2v) is 12.4. The molecule has 2 unspecified atom stereocenters. The maximum Gasteiger partial charge on any atom is 0.172 e. The van der Waals surface area contributed by atoms with E-state index in [4.69, 9.17) is 14.3 Å². The van der Waals surface area contributed by atoms with E-state index in [9.17, 15) is 0 Å². The molecule has 1 spiro atoms. The summed E-state index contributed by atoms with van der Waals surface area (Å²) < 4.78 is 13.1. The van der Waals surface area contributed by atoms with Crippen LogP contribution in [0.2, 0.25) is 0 Å². The first kappa shape index (κ1) is 28.6. The summed E-state index contributed by atoms with van der Waals surface area (Å²) in [5.41, 5.74) is 0.803. The van der Waals surface area contributed by atoms with Gasteiger partial charge in [0.15, 0.2) is 5.79 Å². The van der Waals surface area contributed by atoms with Crippen molar-refractivity contribution in [2.45, 2.75) is 154 Å². The minimum atomic E-state index is -0.494. The van der Waals surface area contributed by atoms with Crippen LogP contribution in [0.1, 0.15) is 137 Å². The molecule has 4 heteroatoms. The highest BCUT2D eigenvalue weighted by Gasteiger charge is 2.57. The van der Waals surface area contributed by atoms with Crippen LogP contribution in [-0.2, 0) is 14.3 Å². The average molecular weight is 488 g/mol. The van der Waals surface area contributed by atoms with Gasteiger partial charge in [-0.25, -0.2) is 0 Å². The fraction of sp³-hybridized carbons (Fsp3) is 0.806. The number of ether oxygens (including phenoxy) is 2. The number of piperidine rings is 1. The Bertz CT molecular complexity index is 714. The molecular weight excluding hydrogens is 434 g/mol. The van der Waals surface area contributed by atoms with E-state index in [1.807, 2.05) is 0 Å². The molecule has 1 aromatic rings. The number of hydrogen-bond donors (Lipinski definition) is 0. The van der Waals surface area contributed by atoms with Gasteiger partial charge in [0.2, 0.25) is 0 Å². The molecule has 0 saturated carbocycles. The predicted octanol–water partition coefficient (Wildman–Crippen LogP) is 8.75. The third-order valence-electron chi connectivity index (χ3n) is 7.83. The first-order valence-electron chi connectivity index (χ1n) is 14.5. The van der Waals surface area contributed by atoms with Gasteiger partial charge >= 0.3 is 0 Å². The molecule has 2 saturated heterocycles. The molecule has 0 aromatic heterocycles. The highest BCUT2D eigenvalue weighted by molar-refractivity contribution is 5.17. The van der Waals surface area contributed by atoms with Crippen LogP contribution < -0.4 is 0 Å². The Balaban J connectivity index is 1.43. The molecule has 2 aliphatic heterocycles. The minimum absolute atomic E-state index is 0.00157. The molecule has 0 aliphatic carbocycles. The van der Waals surface area contributed by atoms with Crippen molar-refractivity contribution in [3.63, 3.8) is 0 Å². The summed E-state index contributed by atoms with van der Waals surface area (Å²) in [7, 11) is 0. The minimum Gasteiger partial charge on any atom is -0.347 e. The Hall–Kier alpha value is -0.940. The Labute approximate surface area is 216 Å². The summed E-state index contributed by atoms with van der Waals surface area (Å²) in [6, 6.07) is 10.5. The van der Waals surface area contributed by atoms with Crippen LogP contribution in [0.5, 0.6) is 0 Å². The standard InChI is InChI=1S/C31H53NO3/c1-7-8-9-10-11-12-13-14-15-19-22-28-23-33-31(34-28)24-29(3,4)32(30(5,6)25-31)35-26(2)27-20-17-16-18-21-27/h16-18,20-21,26,28H,7-15,19,22-25H2,1-6H3. The van der Waals surface area contributed by atoms with Crippen molar-refractivity contribution in [2.24, 2.45) is 0 Å². The first-order valence-corrected chi connectivity index (χ1v) is 14.5. The van der Waals surface area contributed by atoms with Crippen LogP contribution in [0.25, 0.3) is 0 Å². The second kappa shape index (κ2) is 13.0. The number of nitrogens with zero attached hydrogens (tertiary/aromatic N) is 1. The average Bonchev–Trinajstić information content (AvgIpc) is 3.18. The van der Waals surface area contributed by atoms with Gasteiger partial charge in [0.25, 0.3) is 0 Å². The van der Waals surface area contributed by atoms with E-state index in [2.05, 4.69) is 76.9 Å². The van der Waals surface area contributed by atoms with E-state index < -0.39 is 5.79 Å². The number of benzene rings is 1. The lowest BCUT2D eigenvalue weighted by atomic mass is 9.78. The summed E-state index contributed by atoms with van der Waals surface area (Å²) in [6.45, 7) is 14.2. The van der Waals surface area contributed by atoms with Gasteiger partial charge < -0.3 is 9.47 Å². The lowest BCUT2D eigenvalue weighted by Gasteiger charge is -2.56. The maximum atomic E-state index is 6.68. The highest BCUT2D eigenvalue weighted by Crippen LogP contribution is 2.49. The molecule has 1 aromatic carbocycles. The lowest BCUT2D eigenvalue weighted by Crippen LogP contribution is -2.65. The van der Waals surface area contributed by atoms with Crippen molar-refractivity contribution in [3.8, 4) is 0 Å². The van der Waals surface area contributed by atoms with Gasteiger partial charge in [-0.1, -0.05) is 101 Å². The fourth-order valence-corrected chi connectivity index (χ4v) is 6.38. The fourth-order valence-electron chi connectivity index (χ4n) is 6.38. The smallest absolute Gasteiger partial charge is 0.172 e. The van der Waals surface area contributed by atoms with Gasteiger partial charge in [0.05, 0.1) is 12.7 Å². The zero-order valence-corrected chi connectivity index (χ0v) is 23.6. The van der Waals surface area contributed by atoms with Crippen LogP contribution in [0.15, 0.2) is 30.3 Å². The topological polar surface area (TPSA) is 30.9 Å². The van der Waals surface area contributed by atoms with Gasteiger partial charge in [-0.2, -0.15) is 5.06 Å². The summed E-state index contributed by atoms with van der Waals surface area (Å²) in [6.07, 6.45) is 16.7. The monoisotopic (exact) mass is 487 g/mol. The first-order chi connectivity index (χ1) is 16.7. The zero-order chi connectivity index (χ0) is 25.4. The third kappa shape index (κ3) is 8.28. The van der Waals surface area contributed by atoms with Crippen LogP contribution in [0.3, 0.4) is 0 Å². The van der Waals surface area contributed by atoms with Crippen molar-refractivity contribution in [1.82, 2.24) is 5.06 Å². The molecule has 3 rings (SSSR count). The predicted molar refractivity (Wildman–Crippen MR) is 145 cm³/mol. The molecule has 35 heavy (non-hydrogen) atoms.